The first kappa shape index (κ1) is 22.9. The van der Waals surface area contributed by atoms with Crippen LogP contribution >= 0.6 is 11.3 Å². The number of rotatable bonds is 7. The number of hydrogen-bond acceptors (Lipinski definition) is 6. The van der Waals surface area contributed by atoms with E-state index >= 15 is 0 Å². The molecule has 0 aliphatic heterocycles. The highest BCUT2D eigenvalue weighted by atomic mass is 32.1. The molecule has 1 aliphatic rings. The Kier molecular flexibility index (Phi) is 7.67. The fourth-order valence-corrected chi connectivity index (χ4v) is 4.41. The highest BCUT2D eigenvalue weighted by Gasteiger charge is 2.17. The van der Waals surface area contributed by atoms with Gasteiger partial charge in [0.2, 0.25) is 5.01 Å². The second-order valence-electron chi connectivity index (χ2n) is 8.30. The number of aryl methyl sites for hydroxylation is 1. The average molecular weight is 465 g/mol. The van der Waals surface area contributed by atoms with E-state index in [0.29, 0.717) is 16.3 Å². The van der Waals surface area contributed by atoms with Gasteiger partial charge in [0.25, 0.3) is 11.8 Å². The van der Waals surface area contributed by atoms with Gasteiger partial charge < -0.3 is 15.4 Å². The number of carbonyl (C=O) groups is 2. The van der Waals surface area contributed by atoms with Crippen molar-refractivity contribution in [1.29, 1.82) is 0 Å². The van der Waals surface area contributed by atoms with Crippen LogP contribution in [0.4, 0.5) is 5.69 Å². The Morgan fingerprint density at radius 2 is 1.64 bits per heavy atom. The van der Waals surface area contributed by atoms with Crippen molar-refractivity contribution >= 4 is 28.8 Å². The van der Waals surface area contributed by atoms with Crippen LogP contribution in [0.2, 0.25) is 0 Å². The van der Waals surface area contributed by atoms with Crippen LogP contribution in [0.25, 0.3) is 0 Å². The zero-order chi connectivity index (χ0) is 23.0. The van der Waals surface area contributed by atoms with Crippen molar-refractivity contribution in [2.75, 3.05) is 5.32 Å². The molecule has 0 spiro atoms. The summed E-state index contributed by atoms with van der Waals surface area (Å²) in [7, 11) is 0. The lowest BCUT2D eigenvalue weighted by Crippen LogP contribution is -2.34. The molecule has 1 saturated carbocycles. The zero-order valence-electron chi connectivity index (χ0n) is 18.7. The number of carbonyl (C=O) groups excluding carboxylic acids is 2. The van der Waals surface area contributed by atoms with Crippen LogP contribution in [0.15, 0.2) is 48.5 Å². The van der Waals surface area contributed by atoms with Crippen molar-refractivity contribution in [3.8, 4) is 5.75 Å². The number of benzene rings is 2. The van der Waals surface area contributed by atoms with Crippen LogP contribution in [0.3, 0.4) is 0 Å². The van der Waals surface area contributed by atoms with E-state index in [1.807, 2.05) is 31.2 Å². The van der Waals surface area contributed by atoms with E-state index in [1.165, 1.54) is 37.0 Å². The largest absolute Gasteiger partial charge is 0.486 e. The summed E-state index contributed by atoms with van der Waals surface area (Å²) in [4.78, 5) is 25.1. The molecule has 0 saturated heterocycles. The Balaban J connectivity index is 1.28. The second kappa shape index (κ2) is 11.0. The first-order valence-electron chi connectivity index (χ1n) is 11.3. The van der Waals surface area contributed by atoms with E-state index in [0.717, 1.165) is 24.2 Å². The molecule has 1 heterocycles. The highest BCUT2D eigenvalue weighted by molar-refractivity contribution is 7.13. The minimum absolute atomic E-state index is 0.0675. The van der Waals surface area contributed by atoms with Gasteiger partial charge in [-0.05, 0) is 56.2 Å². The Morgan fingerprint density at radius 3 is 2.33 bits per heavy atom. The summed E-state index contributed by atoms with van der Waals surface area (Å²) in [5.41, 5.74) is 2.34. The Bertz CT molecular complexity index is 1070. The van der Waals surface area contributed by atoms with Crippen LogP contribution in [0.1, 0.15) is 69.3 Å². The predicted octanol–water partition coefficient (Wildman–Crippen LogP) is 5.13. The smallest absolute Gasteiger partial charge is 0.286 e. The molecule has 0 unspecified atom stereocenters. The summed E-state index contributed by atoms with van der Waals surface area (Å²) in [5.74, 6) is 0.330. The van der Waals surface area contributed by atoms with Crippen LogP contribution < -0.4 is 15.4 Å². The van der Waals surface area contributed by atoms with Crippen molar-refractivity contribution in [2.45, 2.75) is 58.1 Å². The summed E-state index contributed by atoms with van der Waals surface area (Å²) in [6.45, 7) is 2.26. The van der Waals surface area contributed by atoms with Gasteiger partial charge in [-0.2, -0.15) is 0 Å². The Hall–Kier alpha value is -3.26. The number of nitrogens with one attached hydrogen (secondary N) is 2. The van der Waals surface area contributed by atoms with Gasteiger partial charge in [-0.25, -0.2) is 0 Å². The fourth-order valence-electron chi connectivity index (χ4n) is 3.77. The minimum Gasteiger partial charge on any atom is -0.486 e. The summed E-state index contributed by atoms with van der Waals surface area (Å²) in [6, 6.07) is 14.9. The van der Waals surface area contributed by atoms with Gasteiger partial charge in [0.15, 0.2) is 5.01 Å². The van der Waals surface area contributed by atoms with Crippen molar-refractivity contribution in [3.05, 3.63) is 69.7 Å². The van der Waals surface area contributed by atoms with Crippen LogP contribution in [0.5, 0.6) is 5.75 Å². The lowest BCUT2D eigenvalue weighted by Gasteiger charge is -2.16. The van der Waals surface area contributed by atoms with Gasteiger partial charge in [0, 0.05) is 17.3 Å². The van der Waals surface area contributed by atoms with Gasteiger partial charge in [-0.15, -0.1) is 10.2 Å². The van der Waals surface area contributed by atoms with E-state index in [2.05, 4.69) is 20.8 Å². The molecule has 2 amide bonds. The standard InChI is InChI=1S/C25H28N4O3S/c1-17-8-14-21(15-9-17)32-16-22-28-29-25(33-22)24(31)27-20-12-10-18(11-13-20)23(30)26-19-6-4-2-3-5-7-19/h8-15,19H,2-7,16H2,1H3,(H,26,30)(H,27,31). The number of nitrogens with zero attached hydrogens (tertiary/aromatic N) is 2. The van der Waals surface area contributed by atoms with E-state index in [9.17, 15) is 9.59 Å². The molecule has 7 nitrogen and oxygen atoms in total. The molecule has 33 heavy (non-hydrogen) atoms. The summed E-state index contributed by atoms with van der Waals surface area (Å²) >= 11 is 1.19. The Morgan fingerprint density at radius 1 is 0.939 bits per heavy atom. The molecule has 3 aromatic rings. The molecule has 0 radical (unpaired) electrons. The van der Waals surface area contributed by atoms with E-state index in [4.69, 9.17) is 4.74 Å². The predicted molar refractivity (Wildman–Crippen MR) is 129 cm³/mol. The van der Waals surface area contributed by atoms with E-state index in [-0.39, 0.29) is 29.5 Å². The second-order valence-corrected chi connectivity index (χ2v) is 9.36. The molecule has 4 rings (SSSR count). The third-order valence-corrected chi connectivity index (χ3v) is 6.54. The van der Waals surface area contributed by atoms with Gasteiger partial charge in [-0.1, -0.05) is 54.7 Å². The average Bonchev–Trinajstić information content (AvgIpc) is 3.16. The number of amides is 2. The molecule has 172 valence electrons. The van der Waals surface area contributed by atoms with Crippen molar-refractivity contribution in [3.63, 3.8) is 0 Å². The molecule has 0 atom stereocenters. The maximum atomic E-state index is 12.5. The third kappa shape index (κ3) is 6.61. The molecule has 1 aliphatic carbocycles. The number of aromatic nitrogens is 2. The van der Waals surface area contributed by atoms with Gasteiger partial charge in [0.05, 0.1) is 0 Å². The topological polar surface area (TPSA) is 93.2 Å². The first-order valence-corrected chi connectivity index (χ1v) is 12.1. The number of anilines is 1. The maximum absolute atomic E-state index is 12.5. The molecule has 0 bridgehead atoms. The Labute approximate surface area is 197 Å². The molecular weight excluding hydrogens is 436 g/mol. The fraction of sp³-hybridized carbons (Fsp3) is 0.360. The molecule has 1 aromatic heterocycles. The van der Waals surface area contributed by atoms with Gasteiger partial charge in [-0.3, -0.25) is 9.59 Å². The lowest BCUT2D eigenvalue weighted by molar-refractivity contribution is 0.0933. The minimum atomic E-state index is -0.343. The number of ether oxygens (including phenoxy) is 1. The molecular formula is C25H28N4O3S. The summed E-state index contributed by atoms with van der Waals surface area (Å²) in [6.07, 6.45) is 6.91. The number of hydrogen-bond donors (Lipinski definition) is 2. The monoisotopic (exact) mass is 464 g/mol. The third-order valence-electron chi connectivity index (χ3n) is 5.64. The van der Waals surface area contributed by atoms with Crippen molar-refractivity contribution in [1.82, 2.24) is 15.5 Å². The zero-order valence-corrected chi connectivity index (χ0v) is 19.5. The molecule has 1 fully saturated rings. The van der Waals surface area contributed by atoms with Gasteiger partial charge in [0.1, 0.15) is 12.4 Å². The van der Waals surface area contributed by atoms with E-state index < -0.39 is 0 Å². The summed E-state index contributed by atoms with van der Waals surface area (Å²) < 4.78 is 5.69. The van der Waals surface area contributed by atoms with Crippen molar-refractivity contribution in [2.24, 2.45) is 0 Å². The first-order chi connectivity index (χ1) is 16.1. The highest BCUT2D eigenvalue weighted by Crippen LogP contribution is 2.19. The molecule has 2 N–H and O–H groups in total. The summed E-state index contributed by atoms with van der Waals surface area (Å²) in [5, 5.41) is 14.8. The van der Waals surface area contributed by atoms with Gasteiger partial charge >= 0.3 is 0 Å². The SMILES string of the molecule is Cc1ccc(OCc2nnc(C(=O)Nc3ccc(C(=O)NC4CCCCCC4)cc3)s2)cc1. The van der Waals surface area contributed by atoms with Crippen LogP contribution in [-0.2, 0) is 6.61 Å². The van der Waals surface area contributed by atoms with Crippen LogP contribution in [0, 0.1) is 6.92 Å². The lowest BCUT2D eigenvalue weighted by atomic mass is 10.1. The maximum Gasteiger partial charge on any atom is 0.286 e. The molecule has 8 heteroatoms. The normalized spacial score (nSPS) is 14.3. The molecule has 2 aromatic carbocycles. The van der Waals surface area contributed by atoms with Crippen molar-refractivity contribution < 1.29 is 14.3 Å². The van der Waals surface area contributed by atoms with E-state index in [1.54, 1.807) is 24.3 Å². The van der Waals surface area contributed by atoms with Crippen LogP contribution in [-0.4, -0.2) is 28.1 Å². The quantitative estimate of drug-likeness (QED) is 0.473.